The monoisotopic (exact) mass is 270 g/mol. The molecule has 0 heterocycles. The van der Waals surface area contributed by atoms with Gasteiger partial charge in [-0.3, -0.25) is 0 Å². The summed E-state index contributed by atoms with van der Waals surface area (Å²) in [5, 5.41) is 3.91. The Morgan fingerprint density at radius 3 is 2.67 bits per heavy atom. The largest absolute Gasteiger partial charge is 0.377 e. The summed E-state index contributed by atoms with van der Waals surface area (Å²) in [4.78, 5) is 2.15. The fraction of sp³-hybridized carbons (Fsp3) is 0.571. The number of nitrogens with zero attached hydrogens (tertiary/aromatic N) is 1. The molecule has 0 aliphatic heterocycles. The van der Waals surface area contributed by atoms with E-state index in [1.165, 1.54) is 0 Å². The van der Waals surface area contributed by atoms with Crippen molar-refractivity contribution >= 4 is 17.3 Å². The zero-order valence-corrected chi connectivity index (χ0v) is 12.4. The van der Waals surface area contributed by atoms with Crippen molar-refractivity contribution in [2.45, 2.75) is 26.5 Å². The van der Waals surface area contributed by atoms with Crippen LogP contribution in [0, 0.1) is 0 Å². The highest BCUT2D eigenvalue weighted by atomic mass is 35.5. The third-order valence-corrected chi connectivity index (χ3v) is 3.07. The van der Waals surface area contributed by atoms with Crippen LogP contribution in [0.1, 0.15) is 19.4 Å². The van der Waals surface area contributed by atoms with Crippen molar-refractivity contribution in [2.75, 3.05) is 32.1 Å². The van der Waals surface area contributed by atoms with Crippen molar-refractivity contribution < 1.29 is 4.74 Å². The number of benzene rings is 1. The lowest BCUT2D eigenvalue weighted by Gasteiger charge is -2.21. The first kappa shape index (κ1) is 15.3. The minimum atomic E-state index is 0.278. The Morgan fingerprint density at radius 1 is 1.39 bits per heavy atom. The van der Waals surface area contributed by atoms with Gasteiger partial charge in [0.2, 0.25) is 0 Å². The highest BCUT2D eigenvalue weighted by Gasteiger charge is 2.05. The highest BCUT2D eigenvalue weighted by Crippen LogP contribution is 2.23. The average Bonchev–Trinajstić information content (AvgIpc) is 2.31. The van der Waals surface area contributed by atoms with Crippen LogP contribution in [0.25, 0.3) is 0 Å². The molecule has 0 aliphatic rings. The average molecular weight is 271 g/mol. The van der Waals surface area contributed by atoms with Gasteiger partial charge in [-0.1, -0.05) is 17.7 Å². The SMILES string of the molecule is CNCc1ccc(N(C)CCOC(C)C)cc1Cl. The molecule has 1 N–H and O–H groups in total. The van der Waals surface area contributed by atoms with Gasteiger partial charge in [-0.15, -0.1) is 0 Å². The zero-order chi connectivity index (χ0) is 13.5. The first-order valence-electron chi connectivity index (χ1n) is 6.30. The third kappa shape index (κ3) is 4.84. The van der Waals surface area contributed by atoms with Crippen molar-refractivity contribution in [2.24, 2.45) is 0 Å². The van der Waals surface area contributed by atoms with Gasteiger partial charge in [-0.2, -0.15) is 0 Å². The van der Waals surface area contributed by atoms with E-state index in [0.29, 0.717) is 0 Å². The van der Waals surface area contributed by atoms with Crippen LogP contribution >= 0.6 is 11.6 Å². The molecule has 0 radical (unpaired) electrons. The molecule has 0 saturated carbocycles. The van der Waals surface area contributed by atoms with Crippen LogP contribution in [0.4, 0.5) is 5.69 Å². The summed E-state index contributed by atoms with van der Waals surface area (Å²) in [6.07, 6.45) is 0.278. The molecule has 102 valence electrons. The predicted molar refractivity (Wildman–Crippen MR) is 78.6 cm³/mol. The molecular weight excluding hydrogens is 248 g/mol. The van der Waals surface area contributed by atoms with Crippen LogP contribution in [0.15, 0.2) is 18.2 Å². The molecular formula is C14H23ClN2O. The smallest absolute Gasteiger partial charge is 0.0644 e. The number of ether oxygens (including phenoxy) is 1. The first-order valence-corrected chi connectivity index (χ1v) is 6.68. The standard InChI is InChI=1S/C14H23ClN2O/c1-11(2)18-8-7-17(4)13-6-5-12(10-16-3)14(15)9-13/h5-6,9,11,16H,7-8,10H2,1-4H3. The van der Waals surface area contributed by atoms with Crippen molar-refractivity contribution in [3.63, 3.8) is 0 Å². The third-order valence-electron chi connectivity index (χ3n) is 2.72. The number of halogens is 1. The summed E-state index contributed by atoms with van der Waals surface area (Å²) in [5.74, 6) is 0. The summed E-state index contributed by atoms with van der Waals surface area (Å²) in [6, 6.07) is 6.16. The number of likely N-dealkylation sites (N-methyl/N-ethyl adjacent to an activating group) is 1. The fourth-order valence-corrected chi connectivity index (χ4v) is 1.90. The topological polar surface area (TPSA) is 24.5 Å². The number of hydrogen-bond acceptors (Lipinski definition) is 3. The van der Waals surface area contributed by atoms with E-state index in [1.54, 1.807) is 0 Å². The molecule has 4 heteroatoms. The lowest BCUT2D eigenvalue weighted by atomic mass is 10.2. The summed E-state index contributed by atoms with van der Waals surface area (Å²) in [7, 11) is 3.96. The van der Waals surface area contributed by atoms with Gasteiger partial charge in [0.1, 0.15) is 0 Å². The van der Waals surface area contributed by atoms with Crippen LogP contribution in [-0.4, -0.2) is 33.4 Å². The van der Waals surface area contributed by atoms with E-state index < -0.39 is 0 Å². The van der Waals surface area contributed by atoms with E-state index in [0.717, 1.165) is 36.0 Å². The first-order chi connectivity index (χ1) is 8.54. The quantitative estimate of drug-likeness (QED) is 0.825. The summed E-state index contributed by atoms with van der Waals surface area (Å²) >= 11 is 6.24. The molecule has 0 atom stereocenters. The fourth-order valence-electron chi connectivity index (χ4n) is 1.66. The lowest BCUT2D eigenvalue weighted by molar-refractivity contribution is 0.0846. The van der Waals surface area contributed by atoms with Gasteiger partial charge < -0.3 is 15.0 Å². The van der Waals surface area contributed by atoms with Gasteiger partial charge in [0.15, 0.2) is 0 Å². The second-order valence-electron chi connectivity index (χ2n) is 4.65. The Kier molecular flexibility index (Phi) is 6.47. The van der Waals surface area contributed by atoms with Crippen molar-refractivity contribution in [1.29, 1.82) is 0 Å². The van der Waals surface area contributed by atoms with Gasteiger partial charge in [-0.25, -0.2) is 0 Å². The Balaban J connectivity index is 2.57. The highest BCUT2D eigenvalue weighted by molar-refractivity contribution is 6.31. The maximum atomic E-state index is 6.24. The van der Waals surface area contributed by atoms with Crippen LogP contribution in [0.2, 0.25) is 5.02 Å². The van der Waals surface area contributed by atoms with Crippen molar-refractivity contribution in [1.82, 2.24) is 5.32 Å². The summed E-state index contributed by atoms with van der Waals surface area (Å²) in [5.41, 5.74) is 2.24. The second-order valence-corrected chi connectivity index (χ2v) is 5.05. The molecule has 1 aromatic carbocycles. The molecule has 0 amide bonds. The van der Waals surface area contributed by atoms with E-state index >= 15 is 0 Å². The minimum absolute atomic E-state index is 0.278. The Labute approximate surface area is 115 Å². The van der Waals surface area contributed by atoms with Gasteiger partial charge in [0.25, 0.3) is 0 Å². The molecule has 1 rings (SSSR count). The number of rotatable bonds is 7. The molecule has 0 saturated heterocycles. The number of anilines is 1. The summed E-state index contributed by atoms with van der Waals surface area (Å²) < 4.78 is 5.54. The van der Waals surface area contributed by atoms with Crippen LogP contribution in [0.5, 0.6) is 0 Å². The Morgan fingerprint density at radius 2 is 2.11 bits per heavy atom. The van der Waals surface area contributed by atoms with Crippen molar-refractivity contribution in [3.8, 4) is 0 Å². The molecule has 0 bridgehead atoms. The zero-order valence-electron chi connectivity index (χ0n) is 11.7. The molecule has 0 spiro atoms. The summed E-state index contributed by atoms with van der Waals surface area (Å²) in [6.45, 7) is 6.47. The molecule has 0 aromatic heterocycles. The number of hydrogen-bond donors (Lipinski definition) is 1. The molecule has 3 nitrogen and oxygen atoms in total. The maximum absolute atomic E-state index is 6.24. The molecule has 0 unspecified atom stereocenters. The van der Waals surface area contributed by atoms with E-state index in [2.05, 4.69) is 22.3 Å². The Bertz CT molecular complexity index is 369. The van der Waals surface area contributed by atoms with E-state index in [1.807, 2.05) is 34.0 Å². The van der Waals surface area contributed by atoms with E-state index in [9.17, 15) is 0 Å². The van der Waals surface area contributed by atoms with Crippen LogP contribution in [0.3, 0.4) is 0 Å². The molecule has 0 aliphatic carbocycles. The molecule has 1 aromatic rings. The van der Waals surface area contributed by atoms with Crippen LogP contribution in [-0.2, 0) is 11.3 Å². The van der Waals surface area contributed by atoms with Gasteiger partial charge in [0.05, 0.1) is 12.7 Å². The maximum Gasteiger partial charge on any atom is 0.0644 e. The Hall–Kier alpha value is -0.770. The van der Waals surface area contributed by atoms with Crippen molar-refractivity contribution in [3.05, 3.63) is 28.8 Å². The van der Waals surface area contributed by atoms with E-state index in [4.69, 9.17) is 16.3 Å². The lowest BCUT2D eigenvalue weighted by Crippen LogP contribution is -2.24. The van der Waals surface area contributed by atoms with Gasteiger partial charge in [0, 0.05) is 30.8 Å². The molecule has 18 heavy (non-hydrogen) atoms. The van der Waals surface area contributed by atoms with Gasteiger partial charge in [-0.05, 0) is 38.6 Å². The van der Waals surface area contributed by atoms with Crippen LogP contribution < -0.4 is 10.2 Å². The molecule has 0 fully saturated rings. The number of nitrogens with one attached hydrogen (secondary N) is 1. The van der Waals surface area contributed by atoms with E-state index in [-0.39, 0.29) is 6.10 Å². The normalized spacial score (nSPS) is 11.0. The minimum Gasteiger partial charge on any atom is -0.377 e. The predicted octanol–water partition coefficient (Wildman–Crippen LogP) is 2.92. The van der Waals surface area contributed by atoms with Gasteiger partial charge >= 0.3 is 0 Å². The second kappa shape index (κ2) is 7.62.